The quantitative estimate of drug-likeness (QED) is 0.673. The lowest BCUT2D eigenvalue weighted by Crippen LogP contribution is -2.56. The Morgan fingerprint density at radius 1 is 1.37 bits per heavy atom. The zero-order valence-electron chi connectivity index (χ0n) is 11.9. The first-order valence-corrected chi connectivity index (χ1v) is 6.48. The van der Waals surface area contributed by atoms with Gasteiger partial charge >= 0.3 is 12.1 Å². The van der Waals surface area contributed by atoms with Crippen LogP contribution in [0, 0.1) is 0 Å². The third kappa shape index (κ3) is 3.00. The molecule has 0 aromatic heterocycles. The first kappa shape index (κ1) is 14.1. The van der Waals surface area contributed by atoms with Crippen LogP contribution in [0.15, 0.2) is 0 Å². The van der Waals surface area contributed by atoms with Crippen LogP contribution < -0.4 is 0 Å². The molecule has 0 unspecified atom stereocenters. The highest BCUT2D eigenvalue weighted by Crippen LogP contribution is 2.41. The molecule has 19 heavy (non-hydrogen) atoms. The monoisotopic (exact) mass is 271 g/mol. The summed E-state index contributed by atoms with van der Waals surface area (Å²) in [6.07, 6.45) is 0.539. The van der Waals surface area contributed by atoms with Crippen molar-refractivity contribution >= 4 is 12.1 Å². The molecule has 0 bridgehead atoms. The maximum atomic E-state index is 11.9. The maximum Gasteiger partial charge on any atom is 0.410 e. The van der Waals surface area contributed by atoms with Gasteiger partial charge in [0.1, 0.15) is 5.60 Å². The Morgan fingerprint density at radius 3 is 2.53 bits per heavy atom. The molecule has 2 aliphatic rings. The molecule has 6 nitrogen and oxygen atoms in total. The number of rotatable bonds is 1. The van der Waals surface area contributed by atoms with E-state index in [0.29, 0.717) is 19.5 Å². The molecular weight excluding hydrogens is 250 g/mol. The Kier molecular flexibility index (Phi) is 3.47. The zero-order valence-corrected chi connectivity index (χ0v) is 11.9. The zero-order chi connectivity index (χ0) is 14.3. The molecule has 0 N–H and O–H groups in total. The molecule has 0 radical (unpaired) electrons. The van der Waals surface area contributed by atoms with Crippen LogP contribution in [0.2, 0.25) is 0 Å². The van der Waals surface area contributed by atoms with Gasteiger partial charge in [0.2, 0.25) is 0 Å². The summed E-state index contributed by atoms with van der Waals surface area (Å²) in [6.45, 7) is 6.59. The van der Waals surface area contributed by atoms with E-state index in [1.165, 1.54) is 7.11 Å². The van der Waals surface area contributed by atoms with Crippen LogP contribution in [0.5, 0.6) is 0 Å². The average molecular weight is 271 g/mol. The Hall–Kier alpha value is -1.30. The van der Waals surface area contributed by atoms with E-state index in [-0.39, 0.29) is 17.7 Å². The van der Waals surface area contributed by atoms with Gasteiger partial charge in [-0.3, -0.25) is 0 Å². The number of methoxy groups -OCH3 is 1. The SMILES string of the molecule is COC(=O)[C@@H]1C[C@@]2(CCN(C(=O)OC(C)(C)C)C2)O1. The van der Waals surface area contributed by atoms with Gasteiger partial charge in [-0.1, -0.05) is 0 Å². The largest absolute Gasteiger partial charge is 0.467 e. The minimum absolute atomic E-state index is 0.325. The molecule has 0 saturated carbocycles. The lowest BCUT2D eigenvalue weighted by Gasteiger charge is -2.43. The van der Waals surface area contributed by atoms with Crippen LogP contribution >= 0.6 is 0 Å². The minimum Gasteiger partial charge on any atom is -0.467 e. The summed E-state index contributed by atoms with van der Waals surface area (Å²) < 4.78 is 15.6. The fourth-order valence-electron chi connectivity index (χ4n) is 2.48. The Balaban J connectivity index is 1.85. The van der Waals surface area contributed by atoms with Gasteiger partial charge in [0.05, 0.1) is 19.3 Å². The second-order valence-electron chi connectivity index (χ2n) is 6.17. The van der Waals surface area contributed by atoms with Crippen molar-refractivity contribution in [2.45, 2.75) is 50.9 Å². The molecule has 6 heteroatoms. The number of hydrogen-bond acceptors (Lipinski definition) is 5. The standard InChI is InChI=1S/C13H21NO5/c1-12(2,3)19-11(16)14-6-5-13(8-14)7-9(18-13)10(15)17-4/h9H,5-8H2,1-4H3/t9-,13+/m0/s1. The number of carbonyl (C=O) groups is 2. The molecule has 2 heterocycles. The molecule has 1 amide bonds. The molecule has 2 rings (SSSR count). The third-order valence-corrected chi connectivity index (χ3v) is 3.38. The number of carbonyl (C=O) groups excluding carboxylic acids is 2. The highest BCUT2D eigenvalue weighted by molar-refractivity contribution is 5.76. The lowest BCUT2D eigenvalue weighted by atomic mass is 9.88. The van der Waals surface area contributed by atoms with E-state index in [9.17, 15) is 9.59 Å². The number of nitrogens with zero attached hydrogens (tertiary/aromatic N) is 1. The van der Waals surface area contributed by atoms with Crippen molar-refractivity contribution in [2.75, 3.05) is 20.2 Å². The van der Waals surface area contributed by atoms with E-state index in [1.807, 2.05) is 20.8 Å². The summed E-state index contributed by atoms with van der Waals surface area (Å²) in [5.41, 5.74) is -0.877. The smallest absolute Gasteiger partial charge is 0.410 e. The molecule has 108 valence electrons. The van der Waals surface area contributed by atoms with Gasteiger partial charge in [-0.2, -0.15) is 0 Å². The van der Waals surface area contributed by atoms with Crippen LogP contribution in [0.3, 0.4) is 0 Å². The van der Waals surface area contributed by atoms with Gasteiger partial charge in [-0.05, 0) is 27.2 Å². The van der Waals surface area contributed by atoms with Gasteiger partial charge in [0.25, 0.3) is 0 Å². The predicted molar refractivity (Wildman–Crippen MR) is 66.7 cm³/mol. The second-order valence-corrected chi connectivity index (χ2v) is 6.17. The number of ether oxygens (including phenoxy) is 3. The number of amides is 1. The van der Waals surface area contributed by atoms with Gasteiger partial charge in [0, 0.05) is 13.0 Å². The van der Waals surface area contributed by atoms with E-state index in [2.05, 4.69) is 4.74 Å². The fraction of sp³-hybridized carbons (Fsp3) is 0.846. The first-order valence-electron chi connectivity index (χ1n) is 6.48. The Bertz CT molecular complexity index is 381. The first-order chi connectivity index (χ1) is 8.75. The van der Waals surface area contributed by atoms with Gasteiger partial charge < -0.3 is 19.1 Å². The summed E-state index contributed by atoms with van der Waals surface area (Å²) in [7, 11) is 1.35. The van der Waals surface area contributed by atoms with Gasteiger partial charge in [-0.15, -0.1) is 0 Å². The van der Waals surface area contributed by atoms with Gasteiger partial charge in [-0.25, -0.2) is 9.59 Å². The van der Waals surface area contributed by atoms with Crippen molar-refractivity contribution in [2.24, 2.45) is 0 Å². The fourth-order valence-corrected chi connectivity index (χ4v) is 2.48. The molecular formula is C13H21NO5. The van der Waals surface area contributed by atoms with Crippen molar-refractivity contribution in [3.63, 3.8) is 0 Å². The van der Waals surface area contributed by atoms with E-state index in [0.717, 1.165) is 6.42 Å². The normalized spacial score (nSPS) is 30.1. The number of likely N-dealkylation sites (tertiary alicyclic amines) is 1. The summed E-state index contributed by atoms with van der Waals surface area (Å²) >= 11 is 0. The predicted octanol–water partition coefficient (Wildman–Crippen LogP) is 1.33. The van der Waals surface area contributed by atoms with E-state index in [4.69, 9.17) is 9.47 Å². The molecule has 0 aromatic rings. The maximum absolute atomic E-state index is 11.9. The minimum atomic E-state index is -0.498. The Labute approximate surface area is 113 Å². The molecule has 0 aliphatic carbocycles. The summed E-state index contributed by atoms with van der Waals surface area (Å²) in [4.78, 5) is 24.8. The van der Waals surface area contributed by atoms with Gasteiger partial charge in [0.15, 0.2) is 6.10 Å². The van der Waals surface area contributed by atoms with Crippen LogP contribution in [-0.4, -0.2) is 54.5 Å². The van der Waals surface area contributed by atoms with Crippen LogP contribution in [0.1, 0.15) is 33.6 Å². The van der Waals surface area contributed by atoms with E-state index < -0.39 is 11.7 Å². The van der Waals surface area contributed by atoms with Crippen molar-refractivity contribution in [1.82, 2.24) is 4.90 Å². The highest BCUT2D eigenvalue weighted by Gasteiger charge is 2.54. The lowest BCUT2D eigenvalue weighted by molar-refractivity contribution is -0.215. The summed E-state index contributed by atoms with van der Waals surface area (Å²) in [6, 6.07) is 0. The average Bonchev–Trinajstić information content (AvgIpc) is 2.68. The van der Waals surface area contributed by atoms with Crippen molar-refractivity contribution in [1.29, 1.82) is 0 Å². The molecule has 2 fully saturated rings. The topological polar surface area (TPSA) is 65.1 Å². The Morgan fingerprint density at radius 2 is 2.00 bits per heavy atom. The van der Waals surface area contributed by atoms with Crippen LogP contribution in [0.25, 0.3) is 0 Å². The van der Waals surface area contributed by atoms with Crippen molar-refractivity contribution in [3.8, 4) is 0 Å². The van der Waals surface area contributed by atoms with E-state index >= 15 is 0 Å². The number of hydrogen-bond donors (Lipinski definition) is 0. The molecule has 1 spiro atoms. The van der Waals surface area contributed by atoms with Crippen LogP contribution in [-0.2, 0) is 19.0 Å². The summed E-state index contributed by atoms with van der Waals surface area (Å²) in [5.74, 6) is -0.346. The third-order valence-electron chi connectivity index (χ3n) is 3.38. The van der Waals surface area contributed by atoms with E-state index in [1.54, 1.807) is 4.90 Å². The second kappa shape index (κ2) is 4.67. The molecule has 2 saturated heterocycles. The molecule has 2 aliphatic heterocycles. The van der Waals surface area contributed by atoms with Crippen molar-refractivity contribution in [3.05, 3.63) is 0 Å². The molecule has 0 aromatic carbocycles. The summed E-state index contributed by atoms with van der Waals surface area (Å²) in [5, 5.41) is 0. The number of esters is 1. The molecule has 2 atom stereocenters. The highest BCUT2D eigenvalue weighted by atomic mass is 16.6. The van der Waals surface area contributed by atoms with Crippen LogP contribution in [0.4, 0.5) is 4.79 Å². The van der Waals surface area contributed by atoms with Crippen molar-refractivity contribution < 1.29 is 23.8 Å².